The van der Waals surface area contributed by atoms with Crippen molar-refractivity contribution < 1.29 is 29.4 Å². The highest BCUT2D eigenvalue weighted by Gasteiger charge is 2.30. The van der Waals surface area contributed by atoms with Gasteiger partial charge in [0, 0.05) is 37.7 Å². The quantitative estimate of drug-likeness (QED) is 0.232. The number of oxime groups is 1. The molecule has 0 saturated heterocycles. The van der Waals surface area contributed by atoms with E-state index in [-0.39, 0.29) is 24.0 Å². The summed E-state index contributed by atoms with van der Waals surface area (Å²) in [5.74, 6) is -0.966. The first-order valence-corrected chi connectivity index (χ1v) is 10.8. The molecule has 10 heteroatoms. The molecular weight excluding hydrogens is 428 g/mol. The molecule has 0 fully saturated rings. The first kappa shape index (κ1) is 26.3. The van der Waals surface area contributed by atoms with Gasteiger partial charge in [-0.1, -0.05) is 37.2 Å². The van der Waals surface area contributed by atoms with Crippen LogP contribution in [0.25, 0.3) is 10.9 Å². The SMILES string of the molecule is CNC(=O)[C@H](Cc1c[nH]c2ccccc12)NC(=O)CO/N=C(\C(O)C(C)O)[C@@H](OC)C(C)C. The number of hydrogen-bond donors (Lipinski definition) is 5. The number of aromatic amines is 1. The van der Waals surface area contributed by atoms with Crippen LogP contribution < -0.4 is 10.6 Å². The van der Waals surface area contributed by atoms with Gasteiger partial charge < -0.3 is 35.4 Å². The summed E-state index contributed by atoms with van der Waals surface area (Å²) in [7, 11) is 2.96. The maximum atomic E-state index is 12.5. The zero-order chi connectivity index (χ0) is 24.5. The molecule has 5 N–H and O–H groups in total. The Labute approximate surface area is 193 Å². The van der Waals surface area contributed by atoms with E-state index in [1.54, 1.807) is 0 Å². The molecule has 182 valence electrons. The second kappa shape index (κ2) is 12.3. The Bertz CT molecular complexity index is 955. The topological polar surface area (TPSA) is 145 Å². The number of para-hydroxylation sites is 1. The minimum atomic E-state index is -1.32. The van der Waals surface area contributed by atoms with Gasteiger partial charge in [-0.15, -0.1) is 0 Å². The van der Waals surface area contributed by atoms with Gasteiger partial charge >= 0.3 is 0 Å². The van der Waals surface area contributed by atoms with E-state index in [1.807, 2.05) is 44.3 Å². The summed E-state index contributed by atoms with van der Waals surface area (Å²) in [6.45, 7) is 4.66. The number of H-pyrrole nitrogens is 1. The minimum absolute atomic E-state index is 0.0617. The van der Waals surface area contributed by atoms with Gasteiger partial charge in [0.15, 0.2) is 6.61 Å². The number of rotatable bonds is 12. The number of ether oxygens (including phenoxy) is 1. The fourth-order valence-electron chi connectivity index (χ4n) is 3.56. The number of fused-ring (bicyclic) bond motifs is 1. The fraction of sp³-hybridized carbons (Fsp3) is 0.522. The number of nitrogens with one attached hydrogen (secondary N) is 3. The summed E-state index contributed by atoms with van der Waals surface area (Å²) in [6.07, 6.45) is -0.942. The van der Waals surface area contributed by atoms with Crippen molar-refractivity contribution in [1.29, 1.82) is 0 Å². The molecule has 0 saturated carbocycles. The van der Waals surface area contributed by atoms with Crippen LogP contribution >= 0.6 is 0 Å². The lowest BCUT2D eigenvalue weighted by molar-refractivity contribution is -0.131. The van der Waals surface area contributed by atoms with E-state index in [0.717, 1.165) is 16.5 Å². The Kier molecular flexibility index (Phi) is 9.83. The molecule has 0 radical (unpaired) electrons. The molecule has 0 aliphatic heterocycles. The van der Waals surface area contributed by atoms with Crippen molar-refractivity contribution in [2.45, 2.75) is 51.5 Å². The molecular formula is C23H34N4O6. The number of likely N-dealkylation sites (N-methyl/N-ethyl adjacent to an activating group) is 1. The molecule has 1 aromatic carbocycles. The fourth-order valence-corrected chi connectivity index (χ4v) is 3.56. The first-order valence-electron chi connectivity index (χ1n) is 10.8. The lowest BCUT2D eigenvalue weighted by Gasteiger charge is -2.25. The molecule has 1 heterocycles. The Morgan fingerprint density at radius 3 is 2.48 bits per heavy atom. The number of carbonyl (C=O) groups excluding carboxylic acids is 2. The van der Waals surface area contributed by atoms with Crippen molar-refractivity contribution in [2.75, 3.05) is 20.8 Å². The number of aliphatic hydroxyl groups is 2. The molecule has 2 rings (SSSR count). The summed E-state index contributed by atoms with van der Waals surface area (Å²) in [5, 5.41) is 30.1. The van der Waals surface area contributed by atoms with Crippen molar-refractivity contribution in [3.63, 3.8) is 0 Å². The monoisotopic (exact) mass is 462 g/mol. The highest BCUT2D eigenvalue weighted by Crippen LogP contribution is 2.19. The van der Waals surface area contributed by atoms with Gasteiger partial charge in [0.2, 0.25) is 5.91 Å². The maximum absolute atomic E-state index is 12.5. The molecule has 0 spiro atoms. The molecule has 0 aliphatic carbocycles. The van der Waals surface area contributed by atoms with Crippen LogP contribution in [0.15, 0.2) is 35.6 Å². The van der Waals surface area contributed by atoms with Gasteiger partial charge in [-0.25, -0.2) is 0 Å². The number of methoxy groups -OCH3 is 1. The van der Waals surface area contributed by atoms with Crippen molar-refractivity contribution in [3.8, 4) is 0 Å². The second-order valence-corrected chi connectivity index (χ2v) is 8.17. The van der Waals surface area contributed by atoms with E-state index in [4.69, 9.17) is 9.57 Å². The van der Waals surface area contributed by atoms with E-state index < -0.39 is 36.9 Å². The minimum Gasteiger partial charge on any atom is -0.390 e. The second-order valence-electron chi connectivity index (χ2n) is 8.17. The average Bonchev–Trinajstić information content (AvgIpc) is 3.19. The van der Waals surface area contributed by atoms with E-state index in [2.05, 4.69) is 20.8 Å². The summed E-state index contributed by atoms with van der Waals surface area (Å²) in [4.78, 5) is 33.2. The maximum Gasteiger partial charge on any atom is 0.261 e. The standard InChI is InChI=1S/C23H34N4O6/c1-13(2)22(32-5)20(21(30)14(3)28)27-33-12-19(29)26-18(23(31)24-4)10-15-11-25-17-9-7-6-8-16(15)17/h6-9,11,13-14,18,21-22,25,28,30H,10,12H2,1-5H3,(H,24,31)(H,26,29)/b27-20+/t14?,18-,21?,22-/m0/s1. The molecule has 2 aromatic rings. The molecule has 10 nitrogen and oxygen atoms in total. The lowest BCUT2D eigenvalue weighted by atomic mass is 9.96. The summed E-state index contributed by atoms with van der Waals surface area (Å²) >= 11 is 0. The van der Waals surface area contributed by atoms with E-state index in [9.17, 15) is 19.8 Å². The molecule has 0 aliphatic rings. The van der Waals surface area contributed by atoms with Crippen molar-refractivity contribution in [3.05, 3.63) is 36.0 Å². The number of nitrogens with zero attached hydrogens (tertiary/aromatic N) is 1. The predicted molar refractivity (Wildman–Crippen MR) is 125 cm³/mol. The van der Waals surface area contributed by atoms with E-state index >= 15 is 0 Å². The van der Waals surface area contributed by atoms with Crippen LogP contribution in [-0.2, 0) is 25.6 Å². The Morgan fingerprint density at radius 2 is 1.88 bits per heavy atom. The summed E-state index contributed by atoms with van der Waals surface area (Å²) in [6, 6.07) is 6.87. The molecule has 2 amide bonds. The third-order valence-corrected chi connectivity index (χ3v) is 5.27. The van der Waals surface area contributed by atoms with E-state index in [1.165, 1.54) is 21.1 Å². The zero-order valence-corrected chi connectivity index (χ0v) is 19.7. The normalized spacial score (nSPS) is 15.7. The number of carbonyl (C=O) groups is 2. The van der Waals surface area contributed by atoms with Crippen LogP contribution in [0, 0.1) is 5.92 Å². The molecule has 2 unspecified atom stereocenters. The van der Waals surface area contributed by atoms with Crippen LogP contribution in [0.1, 0.15) is 26.3 Å². The van der Waals surface area contributed by atoms with Gasteiger partial charge in [0.25, 0.3) is 5.91 Å². The molecule has 1 aromatic heterocycles. The molecule has 33 heavy (non-hydrogen) atoms. The number of benzene rings is 1. The van der Waals surface area contributed by atoms with Gasteiger partial charge in [0.1, 0.15) is 24.0 Å². The predicted octanol–water partition coefficient (Wildman–Crippen LogP) is 0.726. The van der Waals surface area contributed by atoms with Crippen molar-refractivity contribution >= 4 is 28.4 Å². The van der Waals surface area contributed by atoms with Crippen molar-refractivity contribution in [1.82, 2.24) is 15.6 Å². The van der Waals surface area contributed by atoms with Gasteiger partial charge in [0.05, 0.1) is 6.10 Å². The summed E-state index contributed by atoms with van der Waals surface area (Å²) in [5.41, 5.74) is 1.91. The third kappa shape index (κ3) is 7.01. The third-order valence-electron chi connectivity index (χ3n) is 5.27. The van der Waals surface area contributed by atoms with Crippen LogP contribution in [0.4, 0.5) is 0 Å². The highest BCUT2D eigenvalue weighted by atomic mass is 16.6. The Hall–Kier alpha value is -2.95. The van der Waals surface area contributed by atoms with Gasteiger partial charge in [-0.2, -0.15) is 0 Å². The average molecular weight is 463 g/mol. The zero-order valence-electron chi connectivity index (χ0n) is 19.7. The number of amides is 2. The van der Waals surface area contributed by atoms with Crippen LogP contribution in [-0.4, -0.2) is 77.8 Å². The van der Waals surface area contributed by atoms with Crippen molar-refractivity contribution in [2.24, 2.45) is 11.1 Å². The number of aliphatic hydroxyl groups excluding tert-OH is 2. The van der Waals surface area contributed by atoms with Crippen LogP contribution in [0.5, 0.6) is 0 Å². The summed E-state index contributed by atoms with van der Waals surface area (Å²) < 4.78 is 5.37. The lowest BCUT2D eigenvalue weighted by Crippen LogP contribution is -2.48. The molecule has 4 atom stereocenters. The number of aromatic nitrogens is 1. The molecule has 0 bridgehead atoms. The highest BCUT2D eigenvalue weighted by molar-refractivity contribution is 5.93. The van der Waals surface area contributed by atoms with Gasteiger partial charge in [-0.05, 0) is 24.5 Å². The first-order chi connectivity index (χ1) is 15.7. The Balaban J connectivity index is 2.09. The van der Waals surface area contributed by atoms with Gasteiger partial charge in [-0.3, -0.25) is 9.59 Å². The smallest absolute Gasteiger partial charge is 0.261 e. The van der Waals surface area contributed by atoms with E-state index in [0.29, 0.717) is 0 Å². The van der Waals surface area contributed by atoms with Crippen LogP contribution in [0.2, 0.25) is 0 Å². The number of hydrogen-bond acceptors (Lipinski definition) is 7. The largest absolute Gasteiger partial charge is 0.390 e. The van der Waals surface area contributed by atoms with Crippen LogP contribution in [0.3, 0.4) is 0 Å². The Morgan fingerprint density at radius 1 is 1.18 bits per heavy atom.